The molecule has 0 amide bonds. The summed E-state index contributed by atoms with van der Waals surface area (Å²) in [4.78, 5) is 11.3. The molecule has 0 heterocycles. The van der Waals surface area contributed by atoms with Gasteiger partial charge in [0.15, 0.2) is 0 Å². The van der Waals surface area contributed by atoms with Crippen molar-refractivity contribution in [2.45, 2.75) is 13.8 Å². The van der Waals surface area contributed by atoms with Crippen molar-refractivity contribution >= 4 is 11.5 Å². The molecule has 0 aliphatic carbocycles. The molecule has 100 valence electrons. The smallest absolute Gasteiger partial charge is 0.336 e. The lowest BCUT2D eigenvalue weighted by molar-refractivity contribution is -0.130. The summed E-state index contributed by atoms with van der Waals surface area (Å²) in [6.45, 7) is 3.78. The minimum Gasteiger partial charge on any atom is -0.497 e. The SMILES string of the molecule is C\C=C/C=C(C)/C=C(/C(=O)O)c1ccc(OC)cc1. The van der Waals surface area contributed by atoms with E-state index in [1.807, 2.05) is 32.1 Å². The highest BCUT2D eigenvalue weighted by Crippen LogP contribution is 2.20. The van der Waals surface area contributed by atoms with Crippen LogP contribution in [0.5, 0.6) is 5.75 Å². The number of ether oxygens (including phenoxy) is 1. The normalized spacial score (nSPS) is 12.8. The zero-order valence-electron chi connectivity index (χ0n) is 11.4. The summed E-state index contributed by atoms with van der Waals surface area (Å²) in [5, 5.41) is 9.28. The van der Waals surface area contributed by atoms with Crippen LogP contribution >= 0.6 is 0 Å². The zero-order valence-corrected chi connectivity index (χ0v) is 11.4. The number of hydrogen-bond donors (Lipinski definition) is 1. The van der Waals surface area contributed by atoms with Crippen LogP contribution in [-0.4, -0.2) is 18.2 Å². The molecule has 1 N–H and O–H groups in total. The van der Waals surface area contributed by atoms with Crippen molar-refractivity contribution in [3.8, 4) is 5.75 Å². The van der Waals surface area contributed by atoms with Crippen LogP contribution in [0.3, 0.4) is 0 Å². The van der Waals surface area contributed by atoms with E-state index in [4.69, 9.17) is 4.74 Å². The van der Waals surface area contributed by atoms with Crippen LogP contribution in [0.25, 0.3) is 5.57 Å². The number of carboxylic acids is 1. The number of carboxylic acid groups (broad SMARTS) is 1. The number of methoxy groups -OCH3 is 1. The van der Waals surface area contributed by atoms with Crippen LogP contribution in [0.4, 0.5) is 0 Å². The van der Waals surface area contributed by atoms with E-state index in [1.165, 1.54) is 0 Å². The fourth-order valence-corrected chi connectivity index (χ4v) is 1.56. The summed E-state index contributed by atoms with van der Waals surface area (Å²) in [6, 6.07) is 6.97. The summed E-state index contributed by atoms with van der Waals surface area (Å²) in [6.07, 6.45) is 7.29. The van der Waals surface area contributed by atoms with E-state index in [1.54, 1.807) is 37.5 Å². The van der Waals surface area contributed by atoms with Gasteiger partial charge in [-0.2, -0.15) is 0 Å². The third-order valence-electron chi connectivity index (χ3n) is 2.56. The summed E-state index contributed by atoms with van der Waals surface area (Å²) < 4.78 is 5.06. The highest BCUT2D eigenvalue weighted by Gasteiger charge is 2.10. The first kappa shape index (κ1) is 14.8. The topological polar surface area (TPSA) is 46.5 Å². The van der Waals surface area contributed by atoms with E-state index in [-0.39, 0.29) is 5.57 Å². The fraction of sp³-hybridized carbons (Fsp3) is 0.188. The number of allylic oxidation sites excluding steroid dienone is 5. The second-order valence-corrected chi connectivity index (χ2v) is 4.03. The van der Waals surface area contributed by atoms with Gasteiger partial charge < -0.3 is 9.84 Å². The lowest BCUT2D eigenvalue weighted by Gasteiger charge is -2.05. The Hall–Kier alpha value is -2.29. The quantitative estimate of drug-likeness (QED) is 0.647. The van der Waals surface area contributed by atoms with E-state index < -0.39 is 5.97 Å². The number of aliphatic carboxylic acids is 1. The first-order chi connectivity index (χ1) is 9.08. The van der Waals surface area contributed by atoms with Crippen molar-refractivity contribution in [3.05, 3.63) is 59.7 Å². The van der Waals surface area contributed by atoms with E-state index in [0.29, 0.717) is 11.3 Å². The lowest BCUT2D eigenvalue weighted by atomic mass is 10.0. The molecule has 1 aromatic rings. The van der Waals surface area contributed by atoms with Gasteiger partial charge in [0.1, 0.15) is 5.75 Å². The molecule has 0 fully saturated rings. The molecular formula is C16H18O3. The highest BCUT2D eigenvalue weighted by atomic mass is 16.5. The first-order valence-corrected chi connectivity index (χ1v) is 5.97. The molecular weight excluding hydrogens is 240 g/mol. The van der Waals surface area contributed by atoms with Crippen molar-refractivity contribution in [2.24, 2.45) is 0 Å². The van der Waals surface area contributed by atoms with Crippen LogP contribution in [0.15, 0.2) is 54.1 Å². The van der Waals surface area contributed by atoms with Crippen molar-refractivity contribution < 1.29 is 14.6 Å². The van der Waals surface area contributed by atoms with Gasteiger partial charge >= 0.3 is 5.97 Å². The molecule has 19 heavy (non-hydrogen) atoms. The molecule has 0 aliphatic rings. The van der Waals surface area contributed by atoms with E-state index in [9.17, 15) is 9.90 Å². The minimum absolute atomic E-state index is 0.265. The van der Waals surface area contributed by atoms with Gasteiger partial charge in [-0.3, -0.25) is 0 Å². The monoisotopic (exact) mass is 258 g/mol. The largest absolute Gasteiger partial charge is 0.497 e. The molecule has 0 saturated heterocycles. The summed E-state index contributed by atoms with van der Waals surface area (Å²) >= 11 is 0. The Balaban J connectivity index is 3.13. The maximum Gasteiger partial charge on any atom is 0.336 e. The standard InChI is InChI=1S/C16H18O3/c1-4-5-6-12(2)11-15(16(17)18)13-7-9-14(19-3)10-8-13/h4-11H,1-3H3,(H,17,18)/b5-4-,12-6+,15-11+. The van der Waals surface area contributed by atoms with Gasteiger partial charge in [-0.05, 0) is 37.6 Å². The number of carbonyl (C=O) groups is 1. The van der Waals surface area contributed by atoms with Crippen molar-refractivity contribution in [3.63, 3.8) is 0 Å². The van der Waals surface area contributed by atoms with E-state index >= 15 is 0 Å². The molecule has 0 radical (unpaired) electrons. The molecule has 1 rings (SSSR count). The van der Waals surface area contributed by atoms with Gasteiger partial charge in [-0.25, -0.2) is 4.79 Å². The van der Waals surface area contributed by atoms with Crippen molar-refractivity contribution in [1.29, 1.82) is 0 Å². The molecule has 1 aromatic carbocycles. The molecule has 0 unspecified atom stereocenters. The Morgan fingerprint density at radius 1 is 1.26 bits per heavy atom. The summed E-state index contributed by atoms with van der Waals surface area (Å²) in [7, 11) is 1.58. The maximum atomic E-state index is 11.3. The second-order valence-electron chi connectivity index (χ2n) is 4.03. The summed E-state index contributed by atoms with van der Waals surface area (Å²) in [5.74, 6) is -0.243. The minimum atomic E-state index is -0.946. The first-order valence-electron chi connectivity index (χ1n) is 5.97. The predicted octanol–water partition coefficient (Wildman–Crippen LogP) is 3.69. The Morgan fingerprint density at radius 3 is 2.37 bits per heavy atom. The molecule has 0 spiro atoms. The molecule has 3 nitrogen and oxygen atoms in total. The molecule has 0 bridgehead atoms. The van der Waals surface area contributed by atoms with Gasteiger partial charge in [0, 0.05) is 0 Å². The fourth-order valence-electron chi connectivity index (χ4n) is 1.56. The third-order valence-corrected chi connectivity index (χ3v) is 2.56. The predicted molar refractivity (Wildman–Crippen MR) is 77.2 cm³/mol. The van der Waals surface area contributed by atoms with E-state index in [2.05, 4.69) is 0 Å². The van der Waals surface area contributed by atoms with Gasteiger partial charge in [-0.15, -0.1) is 0 Å². The van der Waals surface area contributed by atoms with Crippen LogP contribution in [0, 0.1) is 0 Å². The number of rotatable bonds is 5. The van der Waals surface area contributed by atoms with Crippen molar-refractivity contribution in [2.75, 3.05) is 7.11 Å². The number of benzene rings is 1. The average molecular weight is 258 g/mol. The summed E-state index contributed by atoms with van der Waals surface area (Å²) in [5.41, 5.74) is 1.80. The van der Waals surface area contributed by atoms with Crippen LogP contribution in [0.2, 0.25) is 0 Å². The van der Waals surface area contributed by atoms with Gasteiger partial charge in [0.2, 0.25) is 0 Å². The highest BCUT2D eigenvalue weighted by molar-refractivity contribution is 6.15. The Labute approximate surface area is 113 Å². The lowest BCUT2D eigenvalue weighted by Crippen LogP contribution is -2.00. The number of hydrogen-bond acceptors (Lipinski definition) is 2. The molecule has 0 aromatic heterocycles. The van der Waals surface area contributed by atoms with Crippen LogP contribution < -0.4 is 4.74 Å². The molecule has 0 atom stereocenters. The van der Waals surface area contributed by atoms with Gasteiger partial charge in [0.05, 0.1) is 12.7 Å². The Bertz CT molecular complexity index is 519. The van der Waals surface area contributed by atoms with Gasteiger partial charge in [0.25, 0.3) is 0 Å². The second kappa shape index (κ2) is 7.21. The Kier molecular flexibility index (Phi) is 5.61. The van der Waals surface area contributed by atoms with Gasteiger partial charge in [-0.1, -0.05) is 35.9 Å². The van der Waals surface area contributed by atoms with E-state index in [0.717, 1.165) is 5.57 Å². The molecule has 0 saturated carbocycles. The average Bonchev–Trinajstić information content (AvgIpc) is 2.42. The third kappa shape index (κ3) is 4.47. The van der Waals surface area contributed by atoms with Crippen LogP contribution in [-0.2, 0) is 4.79 Å². The molecule has 0 aliphatic heterocycles. The van der Waals surface area contributed by atoms with Crippen molar-refractivity contribution in [1.82, 2.24) is 0 Å². The Morgan fingerprint density at radius 2 is 1.89 bits per heavy atom. The maximum absolute atomic E-state index is 11.3. The van der Waals surface area contributed by atoms with Crippen LogP contribution in [0.1, 0.15) is 19.4 Å². The molecule has 3 heteroatoms. The zero-order chi connectivity index (χ0) is 14.3.